The van der Waals surface area contributed by atoms with Crippen LogP contribution in [-0.4, -0.2) is 6.54 Å². The predicted molar refractivity (Wildman–Crippen MR) is 72.9 cm³/mol. The number of hydrogen-bond acceptors (Lipinski definition) is 2. The van der Waals surface area contributed by atoms with Crippen LogP contribution >= 0.6 is 15.9 Å². The highest BCUT2D eigenvalue weighted by atomic mass is 79.9. The molecule has 0 fully saturated rings. The average Bonchev–Trinajstić information content (AvgIpc) is 2.78. The van der Waals surface area contributed by atoms with Crippen LogP contribution in [0.3, 0.4) is 0 Å². The number of furan rings is 1. The van der Waals surface area contributed by atoms with Gasteiger partial charge < -0.3 is 9.73 Å². The van der Waals surface area contributed by atoms with Gasteiger partial charge in [-0.1, -0.05) is 19.1 Å². The zero-order chi connectivity index (χ0) is 13.0. The van der Waals surface area contributed by atoms with Gasteiger partial charge in [0.1, 0.15) is 11.6 Å². The van der Waals surface area contributed by atoms with Gasteiger partial charge in [-0.2, -0.15) is 0 Å². The molecule has 1 unspecified atom stereocenters. The molecule has 1 N–H and O–H groups in total. The van der Waals surface area contributed by atoms with Crippen molar-refractivity contribution in [1.82, 2.24) is 5.32 Å². The lowest BCUT2D eigenvalue weighted by Crippen LogP contribution is -2.22. The van der Waals surface area contributed by atoms with Crippen molar-refractivity contribution in [2.24, 2.45) is 0 Å². The van der Waals surface area contributed by atoms with Crippen molar-refractivity contribution in [3.05, 3.63) is 58.2 Å². The smallest absolute Gasteiger partial charge is 0.135 e. The Morgan fingerprint density at radius 1 is 1.28 bits per heavy atom. The van der Waals surface area contributed by atoms with Gasteiger partial charge in [0.25, 0.3) is 0 Å². The first-order chi connectivity index (χ1) is 8.70. The summed E-state index contributed by atoms with van der Waals surface area (Å²) in [6.45, 7) is 2.90. The van der Waals surface area contributed by atoms with Gasteiger partial charge in [-0.05, 0) is 52.7 Å². The Balaban J connectivity index is 2.16. The maximum absolute atomic E-state index is 12.9. The van der Waals surface area contributed by atoms with E-state index < -0.39 is 0 Å². The summed E-state index contributed by atoms with van der Waals surface area (Å²) in [7, 11) is 0. The highest BCUT2D eigenvalue weighted by Gasteiger charge is 2.17. The van der Waals surface area contributed by atoms with E-state index in [1.165, 1.54) is 12.1 Å². The van der Waals surface area contributed by atoms with E-state index in [0.29, 0.717) is 0 Å². The molecule has 1 aromatic carbocycles. The molecule has 1 atom stereocenters. The number of benzene rings is 1. The highest BCUT2D eigenvalue weighted by molar-refractivity contribution is 9.10. The van der Waals surface area contributed by atoms with Crippen molar-refractivity contribution >= 4 is 15.9 Å². The first kappa shape index (κ1) is 13.3. The monoisotopic (exact) mass is 311 g/mol. The number of likely N-dealkylation sites (N-methyl/N-ethyl adjacent to an activating group) is 1. The van der Waals surface area contributed by atoms with Gasteiger partial charge in [-0.25, -0.2) is 4.39 Å². The Morgan fingerprint density at radius 3 is 2.56 bits per heavy atom. The summed E-state index contributed by atoms with van der Waals surface area (Å²) in [4.78, 5) is 0. The first-order valence-corrected chi connectivity index (χ1v) is 6.70. The average molecular weight is 312 g/mol. The number of halogens is 2. The van der Waals surface area contributed by atoms with E-state index >= 15 is 0 Å². The maximum Gasteiger partial charge on any atom is 0.135 e. The quantitative estimate of drug-likeness (QED) is 0.900. The number of nitrogens with one attached hydrogen (secondary N) is 1. The third-order valence-electron chi connectivity index (χ3n) is 2.76. The van der Waals surface area contributed by atoms with Gasteiger partial charge in [0.15, 0.2) is 0 Å². The second kappa shape index (κ2) is 6.16. The summed E-state index contributed by atoms with van der Waals surface area (Å²) in [5, 5.41) is 3.37. The Labute approximate surface area is 114 Å². The maximum atomic E-state index is 12.9. The number of hydrogen-bond donors (Lipinski definition) is 1. The fourth-order valence-electron chi connectivity index (χ4n) is 1.91. The molecule has 0 radical (unpaired) electrons. The largest absolute Gasteiger partial charge is 0.466 e. The van der Waals surface area contributed by atoms with Crippen LogP contribution in [0.4, 0.5) is 4.39 Å². The Morgan fingerprint density at radius 2 is 2.00 bits per heavy atom. The molecule has 0 spiro atoms. The third kappa shape index (κ3) is 3.21. The van der Waals surface area contributed by atoms with Gasteiger partial charge >= 0.3 is 0 Å². The van der Waals surface area contributed by atoms with Crippen LogP contribution < -0.4 is 5.32 Å². The minimum Gasteiger partial charge on any atom is -0.466 e. The minimum atomic E-state index is -0.210. The van der Waals surface area contributed by atoms with Crippen LogP contribution in [0, 0.1) is 5.82 Å². The predicted octanol–water partition coefficient (Wildman–Crippen LogP) is 4.07. The Kier molecular flexibility index (Phi) is 4.55. The zero-order valence-corrected chi connectivity index (χ0v) is 11.7. The van der Waals surface area contributed by atoms with Crippen LogP contribution in [0.25, 0.3) is 0 Å². The molecule has 0 amide bonds. The van der Waals surface area contributed by atoms with Gasteiger partial charge in [0.2, 0.25) is 0 Å². The lowest BCUT2D eigenvalue weighted by Gasteiger charge is -2.16. The van der Waals surface area contributed by atoms with Crippen molar-refractivity contribution in [2.75, 3.05) is 6.54 Å². The Hall–Kier alpha value is -1.13. The van der Waals surface area contributed by atoms with Crippen LogP contribution in [0.5, 0.6) is 0 Å². The fourth-order valence-corrected chi connectivity index (χ4v) is 2.39. The van der Waals surface area contributed by atoms with Crippen LogP contribution in [0.1, 0.15) is 24.3 Å². The molecule has 18 heavy (non-hydrogen) atoms. The lowest BCUT2D eigenvalue weighted by molar-refractivity contribution is 0.414. The molecule has 2 nitrogen and oxygen atoms in total. The first-order valence-electron chi connectivity index (χ1n) is 5.91. The van der Waals surface area contributed by atoms with E-state index in [1.807, 2.05) is 6.07 Å². The summed E-state index contributed by atoms with van der Waals surface area (Å²) < 4.78 is 19.3. The van der Waals surface area contributed by atoms with Crippen molar-refractivity contribution in [2.45, 2.75) is 19.4 Å². The summed E-state index contributed by atoms with van der Waals surface area (Å²) in [6.07, 6.45) is 2.43. The van der Waals surface area contributed by atoms with Crippen molar-refractivity contribution in [1.29, 1.82) is 0 Å². The Bertz CT molecular complexity index is 495. The molecule has 2 aromatic rings. The molecule has 0 aliphatic heterocycles. The molecule has 0 saturated heterocycles. The molecule has 0 aliphatic rings. The van der Waals surface area contributed by atoms with E-state index in [9.17, 15) is 4.39 Å². The number of rotatable bonds is 5. The summed E-state index contributed by atoms with van der Waals surface area (Å²) in [5.74, 6) is 0.666. The van der Waals surface area contributed by atoms with Gasteiger partial charge in [-0.3, -0.25) is 0 Å². The van der Waals surface area contributed by atoms with E-state index in [-0.39, 0.29) is 11.9 Å². The molecule has 96 valence electrons. The molecule has 2 rings (SSSR count). The van der Waals surface area contributed by atoms with E-state index in [4.69, 9.17) is 4.42 Å². The minimum absolute atomic E-state index is 0.0878. The van der Waals surface area contributed by atoms with Crippen molar-refractivity contribution in [3.8, 4) is 0 Å². The van der Waals surface area contributed by atoms with E-state index in [1.54, 1.807) is 18.4 Å². The lowest BCUT2D eigenvalue weighted by atomic mass is 10.0. The standard InChI is InChI=1S/C14H15BrFNO/c1-2-17-13(14-12(15)7-8-18-14)9-10-3-5-11(16)6-4-10/h3-8,13,17H,2,9H2,1H3. The van der Waals surface area contributed by atoms with Crippen LogP contribution in [-0.2, 0) is 6.42 Å². The molecule has 0 aliphatic carbocycles. The molecule has 4 heteroatoms. The molecular weight excluding hydrogens is 297 g/mol. The van der Waals surface area contributed by atoms with Gasteiger partial charge in [0, 0.05) is 0 Å². The summed E-state index contributed by atoms with van der Waals surface area (Å²) in [5.41, 5.74) is 1.07. The second-order valence-electron chi connectivity index (χ2n) is 4.07. The van der Waals surface area contributed by atoms with E-state index in [2.05, 4.69) is 28.2 Å². The molecule has 0 bridgehead atoms. The van der Waals surface area contributed by atoms with Gasteiger partial charge in [-0.15, -0.1) is 0 Å². The second-order valence-corrected chi connectivity index (χ2v) is 4.93. The molecule has 0 saturated carbocycles. The SMILES string of the molecule is CCNC(Cc1ccc(F)cc1)c1occc1Br. The molecule has 1 heterocycles. The van der Waals surface area contributed by atoms with Crippen LogP contribution in [0.2, 0.25) is 0 Å². The fraction of sp³-hybridized carbons (Fsp3) is 0.286. The van der Waals surface area contributed by atoms with Crippen molar-refractivity contribution < 1.29 is 8.81 Å². The zero-order valence-electron chi connectivity index (χ0n) is 10.1. The summed E-state index contributed by atoms with van der Waals surface area (Å²) >= 11 is 3.47. The van der Waals surface area contributed by atoms with E-state index in [0.717, 1.165) is 28.8 Å². The third-order valence-corrected chi connectivity index (χ3v) is 3.42. The summed E-state index contributed by atoms with van der Waals surface area (Å²) in [6, 6.07) is 8.53. The molecular formula is C14H15BrFNO. The van der Waals surface area contributed by atoms with Crippen molar-refractivity contribution in [3.63, 3.8) is 0 Å². The normalized spacial score (nSPS) is 12.6. The van der Waals surface area contributed by atoms with Gasteiger partial charge in [0.05, 0.1) is 16.8 Å². The van der Waals surface area contributed by atoms with Crippen LogP contribution in [0.15, 0.2) is 45.5 Å². The topological polar surface area (TPSA) is 25.2 Å². The highest BCUT2D eigenvalue weighted by Crippen LogP contribution is 2.27. The molecule has 1 aromatic heterocycles.